The molecule has 1 aliphatic rings. The van der Waals surface area contributed by atoms with Gasteiger partial charge in [-0.1, -0.05) is 0 Å². The van der Waals surface area contributed by atoms with Gasteiger partial charge < -0.3 is 14.8 Å². The van der Waals surface area contributed by atoms with Gasteiger partial charge in [0.15, 0.2) is 11.5 Å². The second-order valence-corrected chi connectivity index (χ2v) is 4.58. The van der Waals surface area contributed by atoms with Gasteiger partial charge in [-0.25, -0.2) is 14.4 Å². The van der Waals surface area contributed by atoms with Crippen LogP contribution in [0.4, 0.5) is 15.9 Å². The predicted octanol–water partition coefficient (Wildman–Crippen LogP) is 3.24. The molecule has 2 heterocycles. The Hall–Kier alpha value is -2.89. The maximum absolute atomic E-state index is 13.4. The van der Waals surface area contributed by atoms with Crippen molar-refractivity contribution in [2.24, 2.45) is 0 Å². The van der Waals surface area contributed by atoms with Gasteiger partial charge in [-0.3, -0.25) is 0 Å². The van der Waals surface area contributed by atoms with Crippen LogP contribution in [0.2, 0.25) is 0 Å². The molecule has 21 heavy (non-hydrogen) atoms. The van der Waals surface area contributed by atoms with Crippen molar-refractivity contribution in [3.8, 4) is 11.5 Å². The molecule has 1 aromatic heterocycles. The van der Waals surface area contributed by atoms with E-state index in [4.69, 9.17) is 9.47 Å². The molecule has 0 bridgehead atoms. The molecule has 0 amide bonds. The van der Waals surface area contributed by atoms with Crippen molar-refractivity contribution >= 4 is 22.4 Å². The summed E-state index contributed by atoms with van der Waals surface area (Å²) in [4.78, 5) is 8.30. The Morgan fingerprint density at radius 3 is 2.86 bits per heavy atom. The number of nitrogens with zero attached hydrogens (tertiary/aromatic N) is 2. The number of aromatic nitrogens is 2. The molecular formula is C15H10FN3O2. The summed E-state index contributed by atoms with van der Waals surface area (Å²) in [6.45, 7) is 0.223. The Morgan fingerprint density at radius 1 is 1.00 bits per heavy atom. The largest absolute Gasteiger partial charge is 0.454 e. The van der Waals surface area contributed by atoms with Crippen molar-refractivity contribution in [3.05, 3.63) is 48.5 Å². The molecule has 5 nitrogen and oxygen atoms in total. The lowest BCUT2D eigenvalue weighted by atomic mass is 10.2. The number of ether oxygens (including phenoxy) is 2. The number of rotatable bonds is 2. The first-order valence-electron chi connectivity index (χ1n) is 6.36. The second-order valence-electron chi connectivity index (χ2n) is 4.58. The Balaban J connectivity index is 1.75. The second kappa shape index (κ2) is 4.59. The van der Waals surface area contributed by atoms with E-state index in [2.05, 4.69) is 15.3 Å². The van der Waals surface area contributed by atoms with Crippen molar-refractivity contribution in [1.29, 1.82) is 0 Å². The molecule has 6 heteroatoms. The van der Waals surface area contributed by atoms with Crippen LogP contribution >= 0.6 is 0 Å². The third-order valence-corrected chi connectivity index (χ3v) is 3.23. The van der Waals surface area contributed by atoms with E-state index in [1.54, 1.807) is 6.07 Å². The van der Waals surface area contributed by atoms with Crippen molar-refractivity contribution in [2.45, 2.75) is 0 Å². The first-order valence-corrected chi connectivity index (χ1v) is 6.36. The van der Waals surface area contributed by atoms with E-state index in [1.807, 2.05) is 18.2 Å². The zero-order valence-electron chi connectivity index (χ0n) is 10.8. The zero-order chi connectivity index (χ0) is 14.2. The van der Waals surface area contributed by atoms with E-state index in [0.717, 1.165) is 5.69 Å². The van der Waals surface area contributed by atoms with Gasteiger partial charge in [0.05, 0.1) is 5.52 Å². The van der Waals surface area contributed by atoms with Crippen molar-refractivity contribution in [2.75, 3.05) is 12.1 Å². The topological polar surface area (TPSA) is 56.3 Å². The minimum Gasteiger partial charge on any atom is -0.454 e. The quantitative estimate of drug-likeness (QED) is 0.782. The van der Waals surface area contributed by atoms with E-state index in [1.165, 1.54) is 18.5 Å². The van der Waals surface area contributed by atoms with Gasteiger partial charge in [-0.05, 0) is 30.3 Å². The highest BCUT2D eigenvalue weighted by atomic mass is 19.1. The maximum atomic E-state index is 13.4. The summed E-state index contributed by atoms with van der Waals surface area (Å²) < 4.78 is 24.0. The normalized spacial score (nSPS) is 12.6. The Bertz CT molecular complexity index is 838. The molecule has 1 aliphatic heterocycles. The molecule has 0 atom stereocenters. The number of hydrogen-bond acceptors (Lipinski definition) is 5. The maximum Gasteiger partial charge on any atom is 0.231 e. The van der Waals surface area contributed by atoms with E-state index in [-0.39, 0.29) is 12.6 Å². The lowest BCUT2D eigenvalue weighted by Gasteiger charge is -2.09. The van der Waals surface area contributed by atoms with Crippen LogP contribution in [-0.4, -0.2) is 16.8 Å². The highest BCUT2D eigenvalue weighted by molar-refractivity contribution is 5.90. The third kappa shape index (κ3) is 2.10. The number of halogens is 1. The van der Waals surface area contributed by atoms with Crippen LogP contribution in [0.15, 0.2) is 42.7 Å². The van der Waals surface area contributed by atoms with Crippen LogP contribution in [-0.2, 0) is 0 Å². The lowest BCUT2D eigenvalue weighted by Crippen LogP contribution is -1.96. The lowest BCUT2D eigenvalue weighted by molar-refractivity contribution is 0.174. The fraction of sp³-hybridized carbons (Fsp3) is 0.0667. The number of hydrogen-bond donors (Lipinski definition) is 1. The van der Waals surface area contributed by atoms with Crippen LogP contribution in [0.3, 0.4) is 0 Å². The molecule has 0 saturated carbocycles. The van der Waals surface area contributed by atoms with Gasteiger partial charge in [0.25, 0.3) is 0 Å². The molecule has 0 aliphatic carbocycles. The summed E-state index contributed by atoms with van der Waals surface area (Å²) in [6, 6.07) is 9.88. The first-order chi connectivity index (χ1) is 10.3. The SMILES string of the molecule is Fc1ccc2ncnc(Nc3ccc4c(c3)OCO4)c2c1. The molecule has 0 fully saturated rings. The molecule has 104 valence electrons. The van der Waals surface area contributed by atoms with Gasteiger partial charge in [-0.2, -0.15) is 0 Å². The molecular weight excluding hydrogens is 273 g/mol. The molecule has 1 N–H and O–H groups in total. The Labute approximate surface area is 119 Å². The standard InChI is InChI=1S/C15H10FN3O2/c16-9-1-3-12-11(5-9)15(18-7-17-12)19-10-2-4-13-14(6-10)21-8-20-13/h1-7H,8H2,(H,17,18,19). The van der Waals surface area contributed by atoms with Crippen LogP contribution in [0.1, 0.15) is 0 Å². The average Bonchev–Trinajstić information content (AvgIpc) is 2.95. The van der Waals surface area contributed by atoms with Crippen LogP contribution in [0.5, 0.6) is 11.5 Å². The fourth-order valence-corrected chi connectivity index (χ4v) is 2.24. The van der Waals surface area contributed by atoms with Crippen molar-refractivity contribution < 1.29 is 13.9 Å². The van der Waals surface area contributed by atoms with E-state index in [9.17, 15) is 4.39 Å². The van der Waals surface area contributed by atoms with Gasteiger partial charge in [0, 0.05) is 17.1 Å². The molecule has 0 unspecified atom stereocenters. The minimum atomic E-state index is -0.328. The zero-order valence-corrected chi connectivity index (χ0v) is 10.8. The summed E-state index contributed by atoms with van der Waals surface area (Å²) in [5, 5.41) is 3.77. The van der Waals surface area contributed by atoms with Crippen molar-refractivity contribution in [3.63, 3.8) is 0 Å². The van der Waals surface area contributed by atoms with Crippen LogP contribution in [0, 0.1) is 5.82 Å². The number of fused-ring (bicyclic) bond motifs is 2. The monoisotopic (exact) mass is 283 g/mol. The average molecular weight is 283 g/mol. The van der Waals surface area contributed by atoms with E-state index in [0.29, 0.717) is 28.2 Å². The van der Waals surface area contributed by atoms with Gasteiger partial charge in [-0.15, -0.1) is 0 Å². The summed E-state index contributed by atoms with van der Waals surface area (Å²) in [6.07, 6.45) is 1.44. The smallest absolute Gasteiger partial charge is 0.231 e. The van der Waals surface area contributed by atoms with Gasteiger partial charge in [0.1, 0.15) is 18.0 Å². The highest BCUT2D eigenvalue weighted by Crippen LogP contribution is 2.35. The molecule has 0 radical (unpaired) electrons. The highest BCUT2D eigenvalue weighted by Gasteiger charge is 2.14. The molecule has 4 rings (SSSR count). The Kier molecular flexibility index (Phi) is 2.60. The molecule has 3 aromatic rings. The number of benzene rings is 2. The number of anilines is 2. The summed E-state index contributed by atoms with van der Waals surface area (Å²) in [7, 11) is 0. The molecule has 0 spiro atoms. The van der Waals surface area contributed by atoms with E-state index >= 15 is 0 Å². The van der Waals surface area contributed by atoms with Crippen LogP contribution < -0.4 is 14.8 Å². The summed E-state index contributed by atoms with van der Waals surface area (Å²) in [5.41, 5.74) is 1.46. The first kappa shape index (κ1) is 11.9. The summed E-state index contributed by atoms with van der Waals surface area (Å²) in [5.74, 6) is 1.59. The predicted molar refractivity (Wildman–Crippen MR) is 75.3 cm³/mol. The van der Waals surface area contributed by atoms with Gasteiger partial charge in [0.2, 0.25) is 6.79 Å². The Morgan fingerprint density at radius 2 is 1.90 bits per heavy atom. The molecule has 2 aromatic carbocycles. The fourth-order valence-electron chi connectivity index (χ4n) is 2.24. The van der Waals surface area contributed by atoms with Gasteiger partial charge >= 0.3 is 0 Å². The minimum absolute atomic E-state index is 0.223. The van der Waals surface area contributed by atoms with Crippen LogP contribution in [0.25, 0.3) is 10.9 Å². The number of nitrogens with one attached hydrogen (secondary N) is 1. The van der Waals surface area contributed by atoms with Crippen molar-refractivity contribution in [1.82, 2.24) is 9.97 Å². The molecule has 0 saturated heterocycles. The third-order valence-electron chi connectivity index (χ3n) is 3.23. The van der Waals surface area contributed by atoms with E-state index < -0.39 is 0 Å². The summed E-state index contributed by atoms with van der Waals surface area (Å²) >= 11 is 0.